The lowest BCUT2D eigenvalue weighted by atomic mass is 9.99. The van der Waals surface area contributed by atoms with Crippen molar-refractivity contribution in [1.29, 1.82) is 0 Å². The minimum atomic E-state index is -0.221. The van der Waals surface area contributed by atoms with Gasteiger partial charge in [-0.15, -0.1) is 0 Å². The quantitative estimate of drug-likeness (QED) is 0.775. The molecule has 0 spiro atoms. The van der Waals surface area contributed by atoms with E-state index < -0.39 is 0 Å². The van der Waals surface area contributed by atoms with Gasteiger partial charge >= 0.3 is 0 Å². The number of aryl methyl sites for hydroxylation is 1. The lowest BCUT2D eigenvalue weighted by Crippen LogP contribution is -2.43. The zero-order valence-electron chi connectivity index (χ0n) is 12.8. The van der Waals surface area contributed by atoms with Gasteiger partial charge in [0.1, 0.15) is 5.82 Å². The standard InChI is InChI=1S/C16H24FNO2S/c1-11(8-9-13-6-4-5-7-14(13)17)16(20)18-12(2)15(10-19)21-3/h4-7,11-12,15,19H,8-10H2,1-3H3,(H,18,20). The predicted molar refractivity (Wildman–Crippen MR) is 85.9 cm³/mol. The second-order valence-corrected chi connectivity index (χ2v) is 6.36. The van der Waals surface area contributed by atoms with Crippen LogP contribution in [0.5, 0.6) is 0 Å². The molecule has 0 aliphatic rings. The zero-order valence-corrected chi connectivity index (χ0v) is 13.6. The molecule has 2 N–H and O–H groups in total. The van der Waals surface area contributed by atoms with Crippen LogP contribution in [0.3, 0.4) is 0 Å². The minimum Gasteiger partial charge on any atom is -0.395 e. The van der Waals surface area contributed by atoms with Crippen molar-refractivity contribution >= 4 is 17.7 Å². The first-order valence-corrected chi connectivity index (χ1v) is 8.45. The summed E-state index contributed by atoms with van der Waals surface area (Å²) in [6.07, 6.45) is 3.05. The van der Waals surface area contributed by atoms with E-state index in [2.05, 4.69) is 5.32 Å². The Kier molecular flexibility index (Phi) is 7.75. The van der Waals surface area contributed by atoms with Crippen molar-refractivity contribution < 1.29 is 14.3 Å². The largest absolute Gasteiger partial charge is 0.395 e. The maximum absolute atomic E-state index is 13.5. The first-order valence-electron chi connectivity index (χ1n) is 7.17. The second kappa shape index (κ2) is 9.05. The molecule has 3 atom stereocenters. The Morgan fingerprint density at radius 3 is 2.62 bits per heavy atom. The summed E-state index contributed by atoms with van der Waals surface area (Å²) in [5.74, 6) is -0.458. The van der Waals surface area contributed by atoms with Gasteiger partial charge in [-0.25, -0.2) is 4.39 Å². The molecule has 0 heterocycles. The Morgan fingerprint density at radius 1 is 1.38 bits per heavy atom. The Morgan fingerprint density at radius 2 is 2.05 bits per heavy atom. The second-order valence-electron chi connectivity index (χ2n) is 5.29. The van der Waals surface area contributed by atoms with Crippen molar-refractivity contribution in [2.24, 2.45) is 5.92 Å². The van der Waals surface area contributed by atoms with Crippen LogP contribution >= 0.6 is 11.8 Å². The highest BCUT2D eigenvalue weighted by atomic mass is 32.2. The van der Waals surface area contributed by atoms with Crippen molar-refractivity contribution in [2.45, 2.75) is 38.0 Å². The first-order chi connectivity index (χ1) is 9.99. The molecule has 118 valence electrons. The smallest absolute Gasteiger partial charge is 0.223 e. The topological polar surface area (TPSA) is 49.3 Å². The summed E-state index contributed by atoms with van der Waals surface area (Å²) >= 11 is 1.53. The number of hydrogen-bond acceptors (Lipinski definition) is 3. The van der Waals surface area contributed by atoms with Crippen LogP contribution in [0.2, 0.25) is 0 Å². The highest BCUT2D eigenvalue weighted by Crippen LogP contribution is 2.15. The van der Waals surface area contributed by atoms with Crippen molar-refractivity contribution in [3.63, 3.8) is 0 Å². The van der Waals surface area contributed by atoms with Crippen molar-refractivity contribution in [1.82, 2.24) is 5.32 Å². The summed E-state index contributed by atoms with van der Waals surface area (Å²) in [6.45, 7) is 3.76. The van der Waals surface area contributed by atoms with Gasteiger partial charge in [0.05, 0.1) is 6.61 Å². The van der Waals surface area contributed by atoms with Crippen LogP contribution in [0.25, 0.3) is 0 Å². The van der Waals surface area contributed by atoms with Crippen molar-refractivity contribution in [3.05, 3.63) is 35.6 Å². The van der Waals surface area contributed by atoms with Gasteiger partial charge in [0.15, 0.2) is 0 Å². The van der Waals surface area contributed by atoms with Crippen LogP contribution in [-0.4, -0.2) is 35.2 Å². The predicted octanol–water partition coefficient (Wildman–Crippen LogP) is 2.62. The maximum Gasteiger partial charge on any atom is 0.223 e. The van der Waals surface area contributed by atoms with E-state index in [9.17, 15) is 14.3 Å². The maximum atomic E-state index is 13.5. The molecule has 5 heteroatoms. The number of benzene rings is 1. The molecule has 3 nitrogen and oxygen atoms in total. The summed E-state index contributed by atoms with van der Waals surface area (Å²) < 4.78 is 13.5. The fraction of sp³-hybridized carbons (Fsp3) is 0.562. The third-order valence-electron chi connectivity index (χ3n) is 3.66. The molecule has 0 aromatic heterocycles. The monoisotopic (exact) mass is 313 g/mol. The molecule has 0 aliphatic heterocycles. The highest BCUT2D eigenvalue weighted by molar-refractivity contribution is 7.99. The van der Waals surface area contributed by atoms with Gasteiger partial charge in [-0.3, -0.25) is 4.79 Å². The SMILES string of the molecule is CSC(CO)C(C)NC(=O)C(C)CCc1ccccc1F. The lowest BCUT2D eigenvalue weighted by Gasteiger charge is -2.23. The van der Waals surface area contributed by atoms with Gasteiger partial charge in [-0.05, 0) is 37.7 Å². The normalized spacial score (nSPS) is 15.3. The molecule has 0 saturated carbocycles. The minimum absolute atomic E-state index is 0.00674. The van der Waals surface area contributed by atoms with E-state index in [4.69, 9.17) is 0 Å². The van der Waals surface area contributed by atoms with E-state index in [1.54, 1.807) is 18.2 Å². The number of aliphatic hydroxyl groups excluding tert-OH is 1. The average Bonchev–Trinajstić information content (AvgIpc) is 2.47. The zero-order chi connectivity index (χ0) is 15.8. The molecule has 0 saturated heterocycles. The van der Waals surface area contributed by atoms with E-state index in [0.717, 1.165) is 0 Å². The van der Waals surface area contributed by atoms with E-state index >= 15 is 0 Å². The third kappa shape index (κ3) is 5.67. The molecule has 0 radical (unpaired) electrons. The number of carbonyl (C=O) groups excluding carboxylic acids is 1. The molecule has 1 aromatic carbocycles. The van der Waals surface area contributed by atoms with E-state index in [-0.39, 0.29) is 35.5 Å². The van der Waals surface area contributed by atoms with Gasteiger partial charge in [-0.2, -0.15) is 11.8 Å². The molecule has 0 bridgehead atoms. The third-order valence-corrected chi connectivity index (χ3v) is 4.83. The number of rotatable bonds is 8. The number of halogens is 1. The number of hydrogen-bond donors (Lipinski definition) is 2. The molecule has 0 aliphatic carbocycles. The lowest BCUT2D eigenvalue weighted by molar-refractivity contribution is -0.125. The van der Waals surface area contributed by atoms with Crippen molar-refractivity contribution in [3.8, 4) is 0 Å². The Balaban J connectivity index is 2.46. The highest BCUT2D eigenvalue weighted by Gasteiger charge is 2.20. The molecule has 21 heavy (non-hydrogen) atoms. The van der Waals surface area contributed by atoms with E-state index in [1.807, 2.05) is 20.1 Å². The number of carbonyl (C=O) groups is 1. The van der Waals surface area contributed by atoms with Gasteiger partial charge < -0.3 is 10.4 Å². The summed E-state index contributed by atoms with van der Waals surface area (Å²) in [7, 11) is 0. The van der Waals surface area contributed by atoms with Crippen LogP contribution in [0.15, 0.2) is 24.3 Å². The van der Waals surface area contributed by atoms with Gasteiger partial charge in [0.25, 0.3) is 0 Å². The van der Waals surface area contributed by atoms with Gasteiger partial charge in [0, 0.05) is 17.2 Å². The number of thioether (sulfide) groups is 1. The summed E-state index contributed by atoms with van der Waals surface area (Å²) in [5.41, 5.74) is 0.641. The summed E-state index contributed by atoms with van der Waals surface area (Å²) in [5, 5.41) is 12.1. The Labute approximate surface area is 130 Å². The molecular weight excluding hydrogens is 289 g/mol. The van der Waals surface area contributed by atoms with Crippen LogP contribution in [0, 0.1) is 11.7 Å². The summed E-state index contributed by atoms with van der Waals surface area (Å²) in [6, 6.07) is 6.56. The van der Waals surface area contributed by atoms with Crippen LogP contribution in [-0.2, 0) is 11.2 Å². The van der Waals surface area contributed by atoms with Gasteiger partial charge in [-0.1, -0.05) is 25.1 Å². The summed E-state index contributed by atoms with van der Waals surface area (Å²) in [4.78, 5) is 12.1. The molecule has 1 amide bonds. The van der Waals surface area contributed by atoms with Gasteiger partial charge in [0.2, 0.25) is 5.91 Å². The van der Waals surface area contributed by atoms with Crippen LogP contribution in [0.4, 0.5) is 4.39 Å². The Hall–Kier alpha value is -1.07. The first kappa shape index (κ1) is 18.0. The number of nitrogens with one attached hydrogen (secondary N) is 1. The Bertz CT molecular complexity index is 452. The molecular formula is C16H24FNO2S. The van der Waals surface area contributed by atoms with E-state index in [0.29, 0.717) is 18.4 Å². The van der Waals surface area contributed by atoms with Crippen LogP contribution < -0.4 is 5.32 Å². The number of aliphatic hydroxyl groups is 1. The molecule has 0 fully saturated rings. The fourth-order valence-corrected chi connectivity index (χ4v) is 2.73. The van der Waals surface area contributed by atoms with Crippen LogP contribution in [0.1, 0.15) is 25.8 Å². The average molecular weight is 313 g/mol. The molecule has 1 aromatic rings. The number of amides is 1. The van der Waals surface area contributed by atoms with Crippen molar-refractivity contribution in [2.75, 3.05) is 12.9 Å². The molecule has 3 unspecified atom stereocenters. The van der Waals surface area contributed by atoms with E-state index in [1.165, 1.54) is 17.8 Å². The fourth-order valence-electron chi connectivity index (χ4n) is 2.10. The molecule has 1 rings (SSSR count).